The predicted molar refractivity (Wildman–Crippen MR) is 194 cm³/mol. The molecule has 5 aliphatic rings. The highest BCUT2D eigenvalue weighted by Crippen LogP contribution is 2.51. The molecular formula is C41H46N4O3S. The minimum absolute atomic E-state index is 0.00363. The molecule has 7 nitrogen and oxygen atoms in total. The molecule has 0 bridgehead atoms. The first kappa shape index (κ1) is 31.5. The first-order valence-corrected chi connectivity index (χ1v) is 19.5. The molecular weight excluding hydrogens is 629 g/mol. The number of thioether (sulfide) groups is 1. The Morgan fingerprint density at radius 2 is 1.41 bits per heavy atom. The highest BCUT2D eigenvalue weighted by atomic mass is 32.2. The van der Waals surface area contributed by atoms with E-state index in [1.54, 1.807) is 0 Å². The molecule has 0 radical (unpaired) electrons. The maximum absolute atomic E-state index is 15.1. The zero-order valence-corrected chi connectivity index (χ0v) is 29.6. The van der Waals surface area contributed by atoms with Gasteiger partial charge in [-0.05, 0) is 76.3 Å². The summed E-state index contributed by atoms with van der Waals surface area (Å²) < 4.78 is 8.15. The molecule has 0 amide bonds. The second-order valence-electron chi connectivity index (χ2n) is 16.1. The maximum Gasteiger partial charge on any atom is 0.258 e. The van der Waals surface area contributed by atoms with Gasteiger partial charge in [0.15, 0.2) is 5.16 Å². The minimum Gasteiger partial charge on any atom is -0.375 e. The summed E-state index contributed by atoms with van der Waals surface area (Å²) in [6, 6.07) is 17.0. The van der Waals surface area contributed by atoms with Gasteiger partial charge in [-0.3, -0.25) is 14.2 Å². The molecule has 0 unspecified atom stereocenters. The average Bonchev–Trinajstić information content (AvgIpc) is 3.55. The van der Waals surface area contributed by atoms with Crippen molar-refractivity contribution in [1.29, 1.82) is 0 Å². The van der Waals surface area contributed by atoms with Gasteiger partial charge in [0.2, 0.25) is 0 Å². The van der Waals surface area contributed by atoms with Crippen LogP contribution in [0.3, 0.4) is 0 Å². The molecule has 9 rings (SSSR count). The predicted octanol–water partition coefficient (Wildman–Crippen LogP) is 8.21. The van der Waals surface area contributed by atoms with Crippen molar-refractivity contribution in [3.8, 4) is 22.5 Å². The smallest absolute Gasteiger partial charge is 0.258 e. The third-order valence-corrected chi connectivity index (χ3v) is 13.4. The highest BCUT2D eigenvalue weighted by Gasteiger charge is 2.46. The number of rotatable bonds is 4. The molecule has 4 aromatic rings. The lowest BCUT2D eigenvalue weighted by molar-refractivity contribution is -0.0710. The summed E-state index contributed by atoms with van der Waals surface area (Å²) in [5.41, 5.74) is 7.75. The van der Waals surface area contributed by atoms with Gasteiger partial charge in [0.25, 0.3) is 11.1 Å². The van der Waals surface area contributed by atoms with Crippen LogP contribution in [-0.2, 0) is 34.2 Å². The lowest BCUT2D eigenvalue weighted by Gasteiger charge is -2.41. The second-order valence-corrected chi connectivity index (χ2v) is 17.0. The molecule has 1 N–H and O–H groups in total. The SMILES string of the molecule is CC1(C)C[C@@H](n2c(SCc3nc4c(c(=O)[nH]3)C3(CCCCC3)Cc3ccccc3-4)nc3c(c2=O)C2(CCCC2)Cc2ccccc2-3)CCO1. The van der Waals surface area contributed by atoms with Crippen molar-refractivity contribution in [2.45, 2.75) is 131 Å². The lowest BCUT2D eigenvalue weighted by atomic mass is 9.62. The van der Waals surface area contributed by atoms with E-state index in [4.69, 9.17) is 14.7 Å². The molecule has 2 spiro atoms. The molecule has 2 aromatic carbocycles. The number of H-pyrrole nitrogens is 1. The standard InChI is InChI=1S/C41H46N4O3S/c1-39(2)24-28(16-21-48-39)45-37(47)33-35(30-15-7-5-13-27(30)23-41(33)19-10-11-20-41)44-38(45)49-25-31-42-34-29-14-6-4-12-26(29)22-40(17-8-3-9-18-40)32(34)36(46)43-31/h4-7,12-15,28H,3,8-11,16-25H2,1-2H3,(H,42,43,46)/t28-/m0/s1. The normalized spacial score (nSPS) is 22.7. The Bertz CT molecular complexity index is 2070. The summed E-state index contributed by atoms with van der Waals surface area (Å²) in [5, 5.41) is 0.709. The molecule has 3 fully saturated rings. The summed E-state index contributed by atoms with van der Waals surface area (Å²) in [4.78, 5) is 43.1. The minimum atomic E-state index is -0.328. The van der Waals surface area contributed by atoms with Crippen molar-refractivity contribution in [3.05, 3.63) is 97.3 Å². The van der Waals surface area contributed by atoms with E-state index in [0.29, 0.717) is 23.3 Å². The van der Waals surface area contributed by atoms with Crippen LogP contribution >= 0.6 is 11.8 Å². The van der Waals surface area contributed by atoms with Crippen LogP contribution in [0, 0.1) is 0 Å². The van der Waals surface area contributed by atoms with E-state index in [-0.39, 0.29) is 33.6 Å². The van der Waals surface area contributed by atoms with Crippen LogP contribution in [0.5, 0.6) is 0 Å². The summed E-state index contributed by atoms with van der Waals surface area (Å²) in [7, 11) is 0. The Balaban J connectivity index is 1.17. The second kappa shape index (κ2) is 11.8. The molecule has 3 heterocycles. The summed E-state index contributed by atoms with van der Waals surface area (Å²) in [6.07, 6.45) is 13.3. The van der Waals surface area contributed by atoms with E-state index in [1.165, 1.54) is 29.3 Å². The van der Waals surface area contributed by atoms with Crippen molar-refractivity contribution in [2.24, 2.45) is 0 Å². The monoisotopic (exact) mass is 674 g/mol. The van der Waals surface area contributed by atoms with Crippen molar-refractivity contribution in [1.82, 2.24) is 19.5 Å². The number of hydrogen-bond acceptors (Lipinski definition) is 6. The van der Waals surface area contributed by atoms with Gasteiger partial charge in [0.05, 0.1) is 33.9 Å². The van der Waals surface area contributed by atoms with Gasteiger partial charge in [-0.2, -0.15) is 0 Å². The van der Waals surface area contributed by atoms with Gasteiger partial charge in [-0.1, -0.05) is 92.4 Å². The van der Waals surface area contributed by atoms with Crippen molar-refractivity contribution >= 4 is 11.8 Å². The fraction of sp³-hybridized carbons (Fsp3) is 0.512. The first-order chi connectivity index (χ1) is 23.8. The van der Waals surface area contributed by atoms with Crippen LogP contribution in [0.1, 0.15) is 119 Å². The fourth-order valence-corrected chi connectivity index (χ4v) is 11.2. The van der Waals surface area contributed by atoms with Crippen molar-refractivity contribution < 1.29 is 4.74 Å². The van der Waals surface area contributed by atoms with Crippen LogP contribution in [0.15, 0.2) is 63.3 Å². The summed E-state index contributed by atoms with van der Waals surface area (Å²) >= 11 is 1.53. The largest absolute Gasteiger partial charge is 0.375 e. The number of nitrogens with one attached hydrogen (secondary N) is 1. The van der Waals surface area contributed by atoms with Gasteiger partial charge >= 0.3 is 0 Å². The fourth-order valence-electron chi connectivity index (χ4n) is 10.3. The van der Waals surface area contributed by atoms with E-state index < -0.39 is 0 Å². The molecule has 2 aromatic heterocycles. The van der Waals surface area contributed by atoms with Crippen molar-refractivity contribution in [2.75, 3.05) is 6.61 Å². The number of ether oxygens (including phenoxy) is 1. The number of hydrogen-bond donors (Lipinski definition) is 1. The van der Waals surface area contributed by atoms with Crippen LogP contribution in [0.25, 0.3) is 22.5 Å². The van der Waals surface area contributed by atoms with Crippen LogP contribution in [0.4, 0.5) is 0 Å². The number of fused-ring (bicyclic) bond motifs is 8. The molecule has 254 valence electrons. The Labute approximate surface area is 292 Å². The Kier molecular flexibility index (Phi) is 7.58. The first-order valence-electron chi connectivity index (χ1n) is 18.5. The van der Waals surface area contributed by atoms with E-state index in [1.807, 2.05) is 4.57 Å². The highest BCUT2D eigenvalue weighted by molar-refractivity contribution is 7.98. The van der Waals surface area contributed by atoms with E-state index in [9.17, 15) is 4.79 Å². The summed E-state index contributed by atoms with van der Waals surface area (Å²) in [6.45, 7) is 4.85. The van der Waals surface area contributed by atoms with Crippen LogP contribution in [0.2, 0.25) is 0 Å². The zero-order chi connectivity index (χ0) is 33.4. The molecule has 1 aliphatic heterocycles. The Hall–Kier alpha value is -3.49. The lowest BCUT2D eigenvalue weighted by Crippen LogP contribution is -2.44. The Morgan fingerprint density at radius 1 is 0.816 bits per heavy atom. The molecule has 1 atom stereocenters. The topological polar surface area (TPSA) is 89.9 Å². The van der Waals surface area contributed by atoms with Crippen LogP contribution in [-0.4, -0.2) is 31.7 Å². The van der Waals surface area contributed by atoms with Crippen LogP contribution < -0.4 is 11.1 Å². The number of nitrogens with zero attached hydrogens (tertiary/aromatic N) is 3. The van der Waals surface area contributed by atoms with Gasteiger partial charge in [-0.15, -0.1) is 0 Å². The van der Waals surface area contributed by atoms with Gasteiger partial charge in [0, 0.05) is 34.6 Å². The average molecular weight is 675 g/mol. The van der Waals surface area contributed by atoms with E-state index >= 15 is 4.79 Å². The van der Waals surface area contributed by atoms with Gasteiger partial charge < -0.3 is 9.72 Å². The number of aromatic nitrogens is 4. The molecule has 8 heteroatoms. The molecule has 4 aliphatic carbocycles. The van der Waals surface area contributed by atoms with Gasteiger partial charge in [-0.25, -0.2) is 9.97 Å². The molecule has 49 heavy (non-hydrogen) atoms. The molecule has 2 saturated carbocycles. The van der Waals surface area contributed by atoms with E-state index in [0.717, 1.165) is 111 Å². The summed E-state index contributed by atoms with van der Waals surface area (Å²) in [5.74, 6) is 1.05. The van der Waals surface area contributed by atoms with E-state index in [2.05, 4.69) is 67.4 Å². The maximum atomic E-state index is 15.1. The van der Waals surface area contributed by atoms with Crippen molar-refractivity contribution in [3.63, 3.8) is 0 Å². The molecule has 1 saturated heterocycles. The number of aromatic amines is 1. The third-order valence-electron chi connectivity index (χ3n) is 12.5. The van der Waals surface area contributed by atoms with Gasteiger partial charge in [0.1, 0.15) is 5.82 Å². The third kappa shape index (κ3) is 5.19. The quantitative estimate of drug-likeness (QED) is 0.173. The Morgan fingerprint density at radius 3 is 2.06 bits per heavy atom. The zero-order valence-electron chi connectivity index (χ0n) is 28.8. The number of benzene rings is 2.